The van der Waals surface area contributed by atoms with Gasteiger partial charge in [-0.2, -0.15) is 0 Å². The number of ether oxygens (including phenoxy) is 1. The van der Waals surface area contributed by atoms with Gasteiger partial charge in [0.15, 0.2) is 6.04 Å². The number of imidazole rings is 1. The molecular formula is C8H14N3O2+. The molecule has 1 rings (SSSR count). The summed E-state index contributed by atoms with van der Waals surface area (Å²) in [7, 11) is 0. The molecule has 4 N–H and O–H groups in total. The number of rotatable bonds is 4. The lowest BCUT2D eigenvalue weighted by atomic mass is 10.2. The third-order valence-corrected chi connectivity index (χ3v) is 1.64. The lowest BCUT2D eigenvalue weighted by molar-refractivity contribution is -0.408. The van der Waals surface area contributed by atoms with Crippen LogP contribution in [-0.2, 0) is 16.0 Å². The average Bonchev–Trinajstić information content (AvgIpc) is 2.57. The molecule has 1 heterocycles. The molecule has 0 fully saturated rings. The molecule has 0 aliphatic heterocycles. The molecule has 0 spiro atoms. The Morgan fingerprint density at radius 3 is 3.15 bits per heavy atom. The van der Waals surface area contributed by atoms with Crippen LogP contribution in [0.15, 0.2) is 12.5 Å². The smallest absolute Gasteiger partial charge is 0.365 e. The van der Waals surface area contributed by atoms with E-state index in [1.165, 1.54) is 0 Å². The van der Waals surface area contributed by atoms with Crippen molar-refractivity contribution in [2.24, 2.45) is 0 Å². The summed E-state index contributed by atoms with van der Waals surface area (Å²) in [5.74, 6) is -0.267. The van der Waals surface area contributed by atoms with Crippen molar-refractivity contribution < 1.29 is 15.3 Å². The molecule has 1 aromatic rings. The Hall–Kier alpha value is -1.36. The van der Waals surface area contributed by atoms with Crippen molar-refractivity contribution in [3.63, 3.8) is 0 Å². The third-order valence-electron chi connectivity index (χ3n) is 1.64. The van der Waals surface area contributed by atoms with Crippen LogP contribution in [0.5, 0.6) is 0 Å². The number of carbonyl (C=O) groups is 1. The molecule has 0 saturated carbocycles. The largest absolute Gasteiger partial charge is 0.462 e. The first-order valence-electron chi connectivity index (χ1n) is 4.21. The van der Waals surface area contributed by atoms with Gasteiger partial charge in [-0.05, 0) is 6.92 Å². The fraction of sp³-hybridized carbons (Fsp3) is 0.500. The molecule has 72 valence electrons. The van der Waals surface area contributed by atoms with Gasteiger partial charge in [0.2, 0.25) is 0 Å². The molecule has 1 atom stereocenters. The minimum atomic E-state index is -0.361. The van der Waals surface area contributed by atoms with Crippen LogP contribution in [0.2, 0.25) is 0 Å². The van der Waals surface area contributed by atoms with E-state index < -0.39 is 0 Å². The summed E-state index contributed by atoms with van der Waals surface area (Å²) >= 11 is 0. The van der Waals surface area contributed by atoms with Crippen LogP contribution in [0, 0.1) is 0 Å². The molecule has 0 amide bonds. The van der Waals surface area contributed by atoms with Gasteiger partial charge in [-0.25, -0.2) is 9.78 Å². The van der Waals surface area contributed by atoms with Crippen molar-refractivity contribution >= 4 is 5.97 Å². The van der Waals surface area contributed by atoms with Crippen LogP contribution in [0.1, 0.15) is 12.6 Å². The molecule has 5 heteroatoms. The van der Waals surface area contributed by atoms with Crippen LogP contribution in [0.4, 0.5) is 0 Å². The Labute approximate surface area is 76.3 Å². The number of aromatic nitrogens is 2. The van der Waals surface area contributed by atoms with Crippen molar-refractivity contribution in [2.45, 2.75) is 19.4 Å². The summed E-state index contributed by atoms with van der Waals surface area (Å²) in [4.78, 5) is 17.9. The van der Waals surface area contributed by atoms with Gasteiger partial charge in [0, 0.05) is 11.9 Å². The molecule has 0 saturated heterocycles. The highest BCUT2D eigenvalue weighted by atomic mass is 16.5. The summed E-state index contributed by atoms with van der Waals surface area (Å²) in [6.45, 7) is 2.18. The first kappa shape index (κ1) is 9.73. The molecule has 0 radical (unpaired) electrons. The number of nitrogens with one attached hydrogen (secondary N) is 1. The Balaban J connectivity index is 2.41. The van der Waals surface area contributed by atoms with Crippen LogP contribution in [0.3, 0.4) is 0 Å². The van der Waals surface area contributed by atoms with E-state index in [2.05, 4.69) is 15.7 Å². The minimum Gasteiger partial charge on any atom is -0.462 e. The Morgan fingerprint density at radius 1 is 1.85 bits per heavy atom. The van der Waals surface area contributed by atoms with E-state index in [-0.39, 0.29) is 12.0 Å². The summed E-state index contributed by atoms with van der Waals surface area (Å²) in [6.07, 6.45) is 3.80. The van der Waals surface area contributed by atoms with Gasteiger partial charge in [0.1, 0.15) is 0 Å². The molecule has 5 nitrogen and oxygen atoms in total. The van der Waals surface area contributed by atoms with Crippen molar-refractivity contribution in [1.82, 2.24) is 9.97 Å². The van der Waals surface area contributed by atoms with Gasteiger partial charge in [0.05, 0.1) is 19.4 Å². The molecule has 0 bridgehead atoms. The maximum absolute atomic E-state index is 11.2. The van der Waals surface area contributed by atoms with E-state index in [1.54, 1.807) is 19.4 Å². The number of hydrogen-bond acceptors (Lipinski definition) is 3. The van der Waals surface area contributed by atoms with E-state index in [9.17, 15) is 4.79 Å². The molecule has 0 unspecified atom stereocenters. The highest BCUT2D eigenvalue weighted by Crippen LogP contribution is 1.96. The van der Waals surface area contributed by atoms with Crippen molar-refractivity contribution in [1.29, 1.82) is 0 Å². The first-order valence-corrected chi connectivity index (χ1v) is 4.21. The zero-order valence-corrected chi connectivity index (χ0v) is 7.62. The molecule has 1 aromatic heterocycles. The predicted octanol–water partition coefficient (Wildman–Crippen LogP) is -0.874. The summed E-state index contributed by atoms with van der Waals surface area (Å²) in [6, 6.07) is -0.361. The first-order chi connectivity index (χ1) is 6.24. The van der Waals surface area contributed by atoms with Gasteiger partial charge < -0.3 is 15.5 Å². The monoisotopic (exact) mass is 184 g/mol. The van der Waals surface area contributed by atoms with E-state index in [0.29, 0.717) is 13.0 Å². The molecule has 0 aromatic carbocycles. The van der Waals surface area contributed by atoms with E-state index in [4.69, 9.17) is 4.74 Å². The third kappa shape index (κ3) is 2.87. The average molecular weight is 184 g/mol. The van der Waals surface area contributed by atoms with Gasteiger partial charge in [-0.3, -0.25) is 0 Å². The maximum atomic E-state index is 11.2. The van der Waals surface area contributed by atoms with Crippen molar-refractivity contribution in [3.05, 3.63) is 18.2 Å². The predicted molar refractivity (Wildman–Crippen MR) is 45.6 cm³/mol. The summed E-state index contributed by atoms with van der Waals surface area (Å²) in [5, 5.41) is 0. The number of carbonyl (C=O) groups excluding carboxylic acids is 1. The number of esters is 1. The summed E-state index contributed by atoms with van der Waals surface area (Å²) < 4.78 is 4.82. The lowest BCUT2D eigenvalue weighted by Gasteiger charge is -2.05. The maximum Gasteiger partial charge on any atom is 0.365 e. The number of hydrogen-bond donors (Lipinski definition) is 2. The Morgan fingerprint density at radius 2 is 2.62 bits per heavy atom. The highest BCUT2D eigenvalue weighted by Gasteiger charge is 2.19. The Kier molecular flexibility index (Phi) is 3.45. The van der Waals surface area contributed by atoms with Gasteiger partial charge in [0.25, 0.3) is 0 Å². The fourth-order valence-electron chi connectivity index (χ4n) is 1.01. The normalized spacial score (nSPS) is 12.5. The molecular weight excluding hydrogens is 170 g/mol. The van der Waals surface area contributed by atoms with Gasteiger partial charge in [-0.15, -0.1) is 0 Å². The second-order valence-corrected chi connectivity index (χ2v) is 2.73. The number of nitrogens with zero attached hydrogens (tertiary/aromatic N) is 1. The number of quaternary nitrogens is 1. The standard InChI is InChI=1S/C8H13N3O2/c1-2-13-8(12)7(9)3-6-4-10-5-11-6/h4-5,7H,2-3,9H2,1H3,(H,10,11)/p+1/t7-/m0/s1. The SMILES string of the molecule is CCOC(=O)[C@@H]([NH3+])Cc1cnc[nH]1. The van der Waals surface area contributed by atoms with Crippen molar-refractivity contribution in [3.8, 4) is 0 Å². The van der Waals surface area contributed by atoms with E-state index >= 15 is 0 Å². The second-order valence-electron chi connectivity index (χ2n) is 2.73. The Bertz CT molecular complexity index is 258. The van der Waals surface area contributed by atoms with Crippen LogP contribution < -0.4 is 5.73 Å². The topological polar surface area (TPSA) is 82.6 Å². The van der Waals surface area contributed by atoms with E-state index in [0.717, 1.165) is 5.69 Å². The fourth-order valence-corrected chi connectivity index (χ4v) is 1.01. The lowest BCUT2D eigenvalue weighted by Crippen LogP contribution is -2.66. The number of aromatic amines is 1. The molecule has 0 aliphatic rings. The van der Waals surface area contributed by atoms with Crippen LogP contribution in [-0.4, -0.2) is 28.6 Å². The van der Waals surface area contributed by atoms with Crippen LogP contribution >= 0.6 is 0 Å². The number of H-pyrrole nitrogens is 1. The van der Waals surface area contributed by atoms with Gasteiger partial charge >= 0.3 is 5.97 Å². The summed E-state index contributed by atoms with van der Waals surface area (Å²) in [5.41, 5.74) is 4.61. The van der Waals surface area contributed by atoms with Gasteiger partial charge in [-0.1, -0.05) is 0 Å². The molecule has 13 heavy (non-hydrogen) atoms. The zero-order chi connectivity index (χ0) is 9.68. The minimum absolute atomic E-state index is 0.267. The quantitative estimate of drug-likeness (QED) is 0.596. The van der Waals surface area contributed by atoms with Crippen LogP contribution in [0.25, 0.3) is 0 Å². The van der Waals surface area contributed by atoms with Crippen molar-refractivity contribution in [2.75, 3.05) is 6.61 Å². The second kappa shape index (κ2) is 4.61. The zero-order valence-electron chi connectivity index (χ0n) is 7.62. The van der Waals surface area contributed by atoms with E-state index in [1.807, 2.05) is 0 Å². The highest BCUT2D eigenvalue weighted by molar-refractivity contribution is 5.74. The molecule has 0 aliphatic carbocycles.